The molecule has 0 spiro atoms. The number of benzene rings is 1. The normalized spacial score (nSPS) is 18.8. The molecule has 4 nitrogen and oxygen atoms in total. The number of hydrogen-bond donors (Lipinski definition) is 1. The molecule has 1 N–H and O–H groups in total. The summed E-state index contributed by atoms with van der Waals surface area (Å²) in [6.07, 6.45) is -1.31. The molecule has 0 radical (unpaired) electrons. The molecule has 2 aliphatic heterocycles. The van der Waals surface area contributed by atoms with Crippen LogP contribution in [0.15, 0.2) is 18.2 Å². The SMILES string of the molecule is Cl.O=C(c1ccc(C2CCNCC2)cc1OC(F)(F)F)N1CCCC1. The highest BCUT2D eigenvalue weighted by Crippen LogP contribution is 2.34. The second-order valence-electron chi connectivity index (χ2n) is 6.33. The van der Waals surface area contributed by atoms with Crippen molar-refractivity contribution in [3.63, 3.8) is 0 Å². The summed E-state index contributed by atoms with van der Waals surface area (Å²) in [7, 11) is 0. The van der Waals surface area contributed by atoms with Crippen LogP contribution >= 0.6 is 12.4 Å². The number of carbonyl (C=O) groups is 1. The zero-order valence-corrected chi connectivity index (χ0v) is 14.6. The van der Waals surface area contributed by atoms with Gasteiger partial charge < -0.3 is 15.0 Å². The van der Waals surface area contributed by atoms with Gasteiger partial charge in [-0.05, 0) is 62.4 Å². The molecule has 0 bridgehead atoms. The van der Waals surface area contributed by atoms with Gasteiger partial charge in [0.1, 0.15) is 5.75 Å². The Morgan fingerprint density at radius 1 is 1.16 bits per heavy atom. The van der Waals surface area contributed by atoms with Crippen LogP contribution in [0.4, 0.5) is 13.2 Å². The van der Waals surface area contributed by atoms with Crippen molar-refractivity contribution in [3.05, 3.63) is 29.3 Å². The van der Waals surface area contributed by atoms with E-state index in [1.807, 2.05) is 0 Å². The Balaban J connectivity index is 0.00000225. The van der Waals surface area contributed by atoms with Crippen molar-refractivity contribution >= 4 is 18.3 Å². The molecule has 2 fully saturated rings. The summed E-state index contributed by atoms with van der Waals surface area (Å²) in [5, 5.41) is 3.23. The summed E-state index contributed by atoms with van der Waals surface area (Å²) in [5.74, 6) is -0.572. The van der Waals surface area contributed by atoms with E-state index in [4.69, 9.17) is 0 Å². The zero-order chi connectivity index (χ0) is 17.2. The number of piperidine rings is 1. The van der Waals surface area contributed by atoms with Crippen molar-refractivity contribution in [2.75, 3.05) is 26.2 Å². The molecule has 0 aromatic heterocycles. The number of amides is 1. The van der Waals surface area contributed by atoms with E-state index >= 15 is 0 Å². The third kappa shape index (κ3) is 5.01. The summed E-state index contributed by atoms with van der Waals surface area (Å²) in [6.45, 7) is 2.85. The van der Waals surface area contributed by atoms with Gasteiger partial charge in [0.15, 0.2) is 0 Å². The second kappa shape index (κ2) is 8.27. The van der Waals surface area contributed by atoms with Gasteiger partial charge in [0, 0.05) is 13.1 Å². The molecule has 1 aromatic carbocycles. The van der Waals surface area contributed by atoms with Gasteiger partial charge in [-0.15, -0.1) is 25.6 Å². The standard InChI is InChI=1S/C17H21F3N2O2.ClH/c18-17(19,20)24-15-11-13(12-5-7-21-8-6-12)3-4-14(15)16(23)22-9-1-2-10-22;/h3-4,11-12,21H,1-2,5-10H2;1H. The number of carbonyl (C=O) groups excluding carboxylic acids is 1. The first-order chi connectivity index (χ1) is 11.4. The molecule has 2 saturated heterocycles. The molecule has 2 heterocycles. The number of alkyl halides is 3. The number of nitrogens with one attached hydrogen (secondary N) is 1. The maximum atomic E-state index is 12.8. The first-order valence-electron chi connectivity index (χ1n) is 8.34. The minimum Gasteiger partial charge on any atom is -0.405 e. The maximum Gasteiger partial charge on any atom is 0.573 e. The predicted molar refractivity (Wildman–Crippen MR) is 90.4 cm³/mol. The molecule has 0 saturated carbocycles. The van der Waals surface area contributed by atoms with Crippen LogP contribution in [-0.2, 0) is 0 Å². The lowest BCUT2D eigenvalue weighted by molar-refractivity contribution is -0.274. The molecule has 25 heavy (non-hydrogen) atoms. The van der Waals surface area contributed by atoms with Crippen LogP contribution in [0.1, 0.15) is 47.5 Å². The minimum atomic E-state index is -4.81. The van der Waals surface area contributed by atoms with E-state index < -0.39 is 6.36 Å². The van der Waals surface area contributed by atoms with Crippen molar-refractivity contribution in [3.8, 4) is 5.75 Å². The number of hydrogen-bond acceptors (Lipinski definition) is 3. The molecule has 3 rings (SSSR count). The van der Waals surface area contributed by atoms with Crippen LogP contribution in [0.3, 0.4) is 0 Å². The van der Waals surface area contributed by atoms with E-state index in [1.54, 1.807) is 11.0 Å². The monoisotopic (exact) mass is 378 g/mol. The fourth-order valence-corrected chi connectivity index (χ4v) is 3.42. The Bertz CT molecular complexity index is 598. The quantitative estimate of drug-likeness (QED) is 0.871. The Hall–Kier alpha value is -1.47. The average molecular weight is 379 g/mol. The van der Waals surface area contributed by atoms with Crippen LogP contribution in [0.5, 0.6) is 5.75 Å². The number of rotatable bonds is 3. The lowest BCUT2D eigenvalue weighted by Crippen LogP contribution is -2.29. The molecule has 0 atom stereocenters. The zero-order valence-electron chi connectivity index (χ0n) is 13.8. The highest BCUT2D eigenvalue weighted by Gasteiger charge is 2.34. The summed E-state index contributed by atoms with van der Waals surface area (Å²) >= 11 is 0. The van der Waals surface area contributed by atoms with Gasteiger partial charge in [-0.2, -0.15) is 0 Å². The first kappa shape index (κ1) is 19.8. The second-order valence-corrected chi connectivity index (χ2v) is 6.33. The molecule has 2 aliphatic rings. The van der Waals surface area contributed by atoms with Crippen LogP contribution in [0.25, 0.3) is 0 Å². The summed E-state index contributed by atoms with van der Waals surface area (Å²) in [6, 6.07) is 4.65. The Labute approximate surface area is 151 Å². The van der Waals surface area contributed by atoms with E-state index in [-0.39, 0.29) is 35.5 Å². The number of halogens is 4. The lowest BCUT2D eigenvalue weighted by atomic mass is 9.89. The van der Waals surface area contributed by atoms with E-state index in [1.165, 1.54) is 12.1 Å². The minimum absolute atomic E-state index is 0. The summed E-state index contributed by atoms with van der Waals surface area (Å²) in [4.78, 5) is 14.1. The van der Waals surface area contributed by atoms with Gasteiger partial charge in [0.25, 0.3) is 5.91 Å². The fraction of sp³-hybridized carbons (Fsp3) is 0.588. The molecule has 0 unspecified atom stereocenters. The summed E-state index contributed by atoms with van der Waals surface area (Å²) < 4.78 is 42.5. The number of nitrogens with zero attached hydrogens (tertiary/aromatic N) is 1. The van der Waals surface area contributed by atoms with Crippen molar-refractivity contribution in [1.82, 2.24) is 10.2 Å². The van der Waals surface area contributed by atoms with Gasteiger partial charge in [-0.1, -0.05) is 6.07 Å². The van der Waals surface area contributed by atoms with Crippen LogP contribution in [0, 0.1) is 0 Å². The van der Waals surface area contributed by atoms with Gasteiger partial charge in [0.2, 0.25) is 0 Å². The van der Waals surface area contributed by atoms with Gasteiger partial charge in [-0.25, -0.2) is 0 Å². The molecule has 0 aliphatic carbocycles. The topological polar surface area (TPSA) is 41.6 Å². The van der Waals surface area contributed by atoms with Gasteiger partial charge in [0.05, 0.1) is 5.56 Å². The molecular formula is C17H22ClF3N2O2. The average Bonchev–Trinajstić information content (AvgIpc) is 3.08. The van der Waals surface area contributed by atoms with Crippen molar-refractivity contribution in [2.24, 2.45) is 0 Å². The summed E-state index contributed by atoms with van der Waals surface area (Å²) in [5.41, 5.74) is 0.792. The molecule has 140 valence electrons. The molecule has 8 heteroatoms. The van der Waals surface area contributed by atoms with E-state index in [2.05, 4.69) is 10.1 Å². The van der Waals surface area contributed by atoms with Crippen molar-refractivity contribution in [1.29, 1.82) is 0 Å². The third-order valence-electron chi connectivity index (χ3n) is 4.67. The smallest absolute Gasteiger partial charge is 0.405 e. The van der Waals surface area contributed by atoms with E-state index in [9.17, 15) is 18.0 Å². The van der Waals surface area contributed by atoms with Gasteiger partial charge >= 0.3 is 6.36 Å². The Morgan fingerprint density at radius 3 is 2.40 bits per heavy atom. The first-order valence-corrected chi connectivity index (χ1v) is 8.34. The highest BCUT2D eigenvalue weighted by atomic mass is 35.5. The number of likely N-dealkylation sites (tertiary alicyclic amines) is 1. The largest absolute Gasteiger partial charge is 0.573 e. The van der Waals surface area contributed by atoms with Crippen LogP contribution in [0.2, 0.25) is 0 Å². The molecule has 1 amide bonds. The van der Waals surface area contributed by atoms with Crippen molar-refractivity contribution in [2.45, 2.75) is 38.0 Å². The Morgan fingerprint density at radius 2 is 1.80 bits per heavy atom. The third-order valence-corrected chi connectivity index (χ3v) is 4.67. The van der Waals surface area contributed by atoms with Crippen LogP contribution < -0.4 is 10.1 Å². The maximum absolute atomic E-state index is 12.8. The van der Waals surface area contributed by atoms with E-state index in [0.29, 0.717) is 13.1 Å². The van der Waals surface area contributed by atoms with Crippen LogP contribution in [-0.4, -0.2) is 43.3 Å². The molecular weight excluding hydrogens is 357 g/mol. The Kier molecular flexibility index (Phi) is 6.57. The van der Waals surface area contributed by atoms with E-state index in [0.717, 1.165) is 44.3 Å². The highest BCUT2D eigenvalue weighted by molar-refractivity contribution is 5.97. The lowest BCUT2D eigenvalue weighted by Gasteiger charge is -2.25. The fourth-order valence-electron chi connectivity index (χ4n) is 3.42. The predicted octanol–water partition coefficient (Wildman–Crippen LogP) is 3.71. The molecule has 1 aromatic rings. The number of ether oxygens (including phenoxy) is 1. The van der Waals surface area contributed by atoms with Gasteiger partial charge in [-0.3, -0.25) is 4.79 Å². The van der Waals surface area contributed by atoms with Crippen molar-refractivity contribution < 1.29 is 22.7 Å².